The van der Waals surface area contributed by atoms with E-state index in [9.17, 15) is 19.2 Å². The van der Waals surface area contributed by atoms with Crippen molar-refractivity contribution in [3.05, 3.63) is 0 Å². The van der Waals surface area contributed by atoms with Gasteiger partial charge in [0, 0.05) is 24.7 Å². The third kappa shape index (κ3) is 2.52. The van der Waals surface area contributed by atoms with Gasteiger partial charge in [-0.05, 0) is 19.3 Å². The minimum atomic E-state index is -1.03. The first-order valence-corrected chi connectivity index (χ1v) is 6.43. The van der Waals surface area contributed by atoms with Crippen molar-refractivity contribution in [2.45, 2.75) is 32.1 Å². The van der Waals surface area contributed by atoms with Crippen LogP contribution in [0.3, 0.4) is 0 Å². The fraction of sp³-hybridized carbons (Fsp3) is 0.692. The van der Waals surface area contributed by atoms with E-state index in [1.165, 1.54) is 0 Å². The highest BCUT2D eigenvalue weighted by Gasteiger charge is 2.46. The standard InChI is InChI=1S/C13H16O6/c14-10-3-1-6(12(16)17)8(10)5-9-7(13(18)19)2-4-11(9)15/h6-9H,1-5H2,(H,16,17)(H,18,19)/t6-,7-,8+,9+/m1/s1. The lowest BCUT2D eigenvalue weighted by Gasteiger charge is -2.20. The summed E-state index contributed by atoms with van der Waals surface area (Å²) in [6.07, 6.45) is 1.07. The quantitative estimate of drug-likeness (QED) is 0.778. The number of ketones is 2. The van der Waals surface area contributed by atoms with Crippen LogP contribution in [0.4, 0.5) is 0 Å². The summed E-state index contributed by atoms with van der Waals surface area (Å²) < 4.78 is 0. The Balaban J connectivity index is 2.14. The van der Waals surface area contributed by atoms with E-state index in [0.717, 1.165) is 0 Å². The first kappa shape index (κ1) is 13.7. The van der Waals surface area contributed by atoms with Crippen LogP contribution in [0.2, 0.25) is 0 Å². The number of carbonyl (C=O) groups is 4. The monoisotopic (exact) mass is 268 g/mol. The molecule has 4 atom stereocenters. The van der Waals surface area contributed by atoms with Gasteiger partial charge in [0.2, 0.25) is 0 Å². The normalized spacial score (nSPS) is 34.7. The zero-order valence-corrected chi connectivity index (χ0v) is 10.4. The zero-order valence-electron chi connectivity index (χ0n) is 10.4. The fourth-order valence-corrected chi connectivity index (χ4v) is 3.27. The van der Waals surface area contributed by atoms with Crippen LogP contribution in [0, 0.1) is 23.7 Å². The molecule has 0 spiro atoms. The molecule has 0 bridgehead atoms. The largest absolute Gasteiger partial charge is 0.481 e. The van der Waals surface area contributed by atoms with E-state index < -0.39 is 35.6 Å². The van der Waals surface area contributed by atoms with Gasteiger partial charge in [0.25, 0.3) is 0 Å². The van der Waals surface area contributed by atoms with Crippen LogP contribution < -0.4 is 0 Å². The summed E-state index contributed by atoms with van der Waals surface area (Å²) >= 11 is 0. The summed E-state index contributed by atoms with van der Waals surface area (Å²) in [5.41, 5.74) is 0. The molecular formula is C13H16O6. The van der Waals surface area contributed by atoms with Gasteiger partial charge in [-0.3, -0.25) is 19.2 Å². The Labute approximate surface area is 109 Å². The number of Topliss-reactive ketones (excluding diaryl/α,β-unsaturated/α-hetero) is 2. The number of aliphatic carboxylic acids is 2. The van der Waals surface area contributed by atoms with Crippen molar-refractivity contribution in [3.63, 3.8) is 0 Å². The second-order valence-corrected chi connectivity index (χ2v) is 5.35. The Morgan fingerprint density at radius 1 is 0.895 bits per heavy atom. The van der Waals surface area contributed by atoms with Gasteiger partial charge in [-0.15, -0.1) is 0 Å². The summed E-state index contributed by atoms with van der Waals surface area (Å²) in [6, 6.07) is 0. The number of hydrogen-bond acceptors (Lipinski definition) is 4. The minimum absolute atomic E-state index is 0.0750. The molecule has 2 rings (SSSR count). The summed E-state index contributed by atoms with van der Waals surface area (Å²) in [4.78, 5) is 45.6. The molecule has 2 aliphatic rings. The predicted molar refractivity (Wildman–Crippen MR) is 62.3 cm³/mol. The van der Waals surface area contributed by atoms with E-state index in [-0.39, 0.29) is 43.7 Å². The van der Waals surface area contributed by atoms with Crippen molar-refractivity contribution in [2.24, 2.45) is 23.7 Å². The van der Waals surface area contributed by atoms with Gasteiger partial charge in [0.1, 0.15) is 11.6 Å². The summed E-state index contributed by atoms with van der Waals surface area (Å²) in [5.74, 6) is -5.32. The number of carboxylic acid groups (broad SMARTS) is 2. The van der Waals surface area contributed by atoms with Crippen molar-refractivity contribution in [1.82, 2.24) is 0 Å². The van der Waals surface area contributed by atoms with Crippen LogP contribution >= 0.6 is 0 Å². The molecule has 0 saturated heterocycles. The van der Waals surface area contributed by atoms with E-state index >= 15 is 0 Å². The van der Waals surface area contributed by atoms with Gasteiger partial charge in [-0.2, -0.15) is 0 Å². The fourth-order valence-electron chi connectivity index (χ4n) is 3.27. The second kappa shape index (κ2) is 5.11. The van der Waals surface area contributed by atoms with Crippen LogP contribution in [0.15, 0.2) is 0 Å². The van der Waals surface area contributed by atoms with Crippen molar-refractivity contribution in [3.8, 4) is 0 Å². The molecule has 0 heterocycles. The molecule has 2 N–H and O–H groups in total. The second-order valence-electron chi connectivity index (χ2n) is 5.35. The Hall–Kier alpha value is -1.72. The van der Waals surface area contributed by atoms with Crippen molar-refractivity contribution in [2.75, 3.05) is 0 Å². The molecular weight excluding hydrogens is 252 g/mol. The van der Waals surface area contributed by atoms with E-state index in [2.05, 4.69) is 0 Å². The maximum Gasteiger partial charge on any atom is 0.307 e. The predicted octanol–water partition coefficient (Wildman–Crippen LogP) is 0.736. The zero-order chi connectivity index (χ0) is 14.2. The molecule has 2 aliphatic carbocycles. The van der Waals surface area contributed by atoms with Gasteiger partial charge in [-0.1, -0.05) is 0 Å². The van der Waals surface area contributed by atoms with Gasteiger partial charge in [-0.25, -0.2) is 0 Å². The molecule has 0 amide bonds. The van der Waals surface area contributed by atoms with Crippen LogP contribution in [0.25, 0.3) is 0 Å². The number of hydrogen-bond donors (Lipinski definition) is 2. The summed E-state index contributed by atoms with van der Waals surface area (Å²) in [5, 5.41) is 18.1. The number of rotatable bonds is 4. The Kier molecular flexibility index (Phi) is 3.68. The van der Waals surface area contributed by atoms with Gasteiger partial charge < -0.3 is 10.2 Å². The SMILES string of the molecule is O=C1CC[C@@H](C(=O)O)[C@@H]1C[C@@H]1C(=O)CC[C@H]1C(=O)O. The lowest BCUT2D eigenvalue weighted by molar-refractivity contribution is -0.146. The Morgan fingerprint density at radius 2 is 1.26 bits per heavy atom. The molecule has 2 fully saturated rings. The van der Waals surface area contributed by atoms with Gasteiger partial charge in [0.05, 0.1) is 11.8 Å². The average molecular weight is 268 g/mol. The van der Waals surface area contributed by atoms with Crippen LogP contribution in [0.5, 0.6) is 0 Å². The first-order chi connectivity index (χ1) is 8.91. The third-order valence-electron chi connectivity index (χ3n) is 4.34. The molecule has 6 heteroatoms. The molecule has 0 radical (unpaired) electrons. The molecule has 0 aromatic carbocycles. The van der Waals surface area contributed by atoms with Crippen molar-refractivity contribution in [1.29, 1.82) is 0 Å². The Morgan fingerprint density at radius 3 is 1.58 bits per heavy atom. The minimum Gasteiger partial charge on any atom is -0.481 e. The molecule has 104 valence electrons. The molecule has 2 saturated carbocycles. The highest BCUT2D eigenvalue weighted by atomic mass is 16.4. The van der Waals surface area contributed by atoms with Crippen LogP contribution in [0.1, 0.15) is 32.1 Å². The molecule has 0 aromatic heterocycles. The topological polar surface area (TPSA) is 109 Å². The summed E-state index contributed by atoms with van der Waals surface area (Å²) in [6.45, 7) is 0. The van der Waals surface area contributed by atoms with Crippen LogP contribution in [-0.4, -0.2) is 33.7 Å². The molecule has 6 nitrogen and oxygen atoms in total. The van der Waals surface area contributed by atoms with Crippen molar-refractivity contribution < 1.29 is 29.4 Å². The maximum atomic E-state index is 11.7. The highest BCUT2D eigenvalue weighted by molar-refractivity contribution is 5.92. The molecule has 0 aromatic rings. The van der Waals surface area contributed by atoms with Crippen LogP contribution in [-0.2, 0) is 19.2 Å². The Bertz CT molecular complexity index is 400. The lowest BCUT2D eigenvalue weighted by atomic mass is 9.81. The van der Waals surface area contributed by atoms with E-state index in [0.29, 0.717) is 0 Å². The van der Waals surface area contributed by atoms with Gasteiger partial charge >= 0.3 is 11.9 Å². The maximum absolute atomic E-state index is 11.7. The average Bonchev–Trinajstić information content (AvgIpc) is 2.85. The van der Waals surface area contributed by atoms with Gasteiger partial charge in [0.15, 0.2) is 0 Å². The van der Waals surface area contributed by atoms with Crippen molar-refractivity contribution >= 4 is 23.5 Å². The van der Waals surface area contributed by atoms with E-state index in [1.54, 1.807) is 0 Å². The highest BCUT2D eigenvalue weighted by Crippen LogP contribution is 2.40. The molecule has 0 aliphatic heterocycles. The first-order valence-electron chi connectivity index (χ1n) is 6.43. The van der Waals surface area contributed by atoms with E-state index in [1.807, 2.05) is 0 Å². The van der Waals surface area contributed by atoms with E-state index in [4.69, 9.17) is 10.2 Å². The third-order valence-corrected chi connectivity index (χ3v) is 4.34. The molecule has 0 unspecified atom stereocenters. The number of carboxylic acids is 2. The summed E-state index contributed by atoms with van der Waals surface area (Å²) in [7, 11) is 0. The molecule has 19 heavy (non-hydrogen) atoms. The smallest absolute Gasteiger partial charge is 0.307 e. The lowest BCUT2D eigenvalue weighted by Crippen LogP contribution is -2.30. The number of carbonyl (C=O) groups excluding carboxylic acids is 2.